The summed E-state index contributed by atoms with van der Waals surface area (Å²) in [6.07, 6.45) is 1.01. The summed E-state index contributed by atoms with van der Waals surface area (Å²) in [4.78, 5) is 14.9. The van der Waals surface area contributed by atoms with E-state index in [0.717, 1.165) is 13.0 Å². The lowest BCUT2D eigenvalue weighted by atomic mass is 10.2. The van der Waals surface area contributed by atoms with E-state index in [0.29, 0.717) is 13.1 Å². The summed E-state index contributed by atoms with van der Waals surface area (Å²) >= 11 is 1.69. The molecule has 0 aliphatic rings. The standard InChI is InChI=1S/C12H21N3OS/c1-3-6-15(9-12(16)14-2)10(8-13)11-5-4-7-17-11/h4-5,7,10H,3,6,8-9,13H2,1-2H3,(H,14,16). The van der Waals surface area contributed by atoms with E-state index in [1.807, 2.05) is 11.4 Å². The predicted molar refractivity (Wildman–Crippen MR) is 72.0 cm³/mol. The van der Waals surface area contributed by atoms with Crippen LogP contribution in [0.2, 0.25) is 0 Å². The van der Waals surface area contributed by atoms with Crippen molar-refractivity contribution < 1.29 is 4.79 Å². The van der Waals surface area contributed by atoms with Gasteiger partial charge in [0.05, 0.1) is 12.6 Å². The fourth-order valence-electron chi connectivity index (χ4n) is 1.82. The first-order valence-corrected chi connectivity index (χ1v) is 6.79. The van der Waals surface area contributed by atoms with Crippen LogP contribution in [0.4, 0.5) is 0 Å². The van der Waals surface area contributed by atoms with E-state index in [4.69, 9.17) is 5.73 Å². The maximum atomic E-state index is 11.5. The van der Waals surface area contributed by atoms with Crippen LogP contribution in [0.5, 0.6) is 0 Å². The van der Waals surface area contributed by atoms with Gasteiger partial charge in [-0.25, -0.2) is 0 Å². The van der Waals surface area contributed by atoms with Gasteiger partial charge in [-0.05, 0) is 24.4 Å². The molecule has 1 rings (SSSR count). The zero-order chi connectivity index (χ0) is 12.7. The number of amides is 1. The maximum Gasteiger partial charge on any atom is 0.233 e. The van der Waals surface area contributed by atoms with Crippen LogP contribution in [0.15, 0.2) is 17.5 Å². The molecule has 1 unspecified atom stereocenters. The van der Waals surface area contributed by atoms with E-state index in [9.17, 15) is 4.79 Å². The van der Waals surface area contributed by atoms with Crippen molar-refractivity contribution in [3.05, 3.63) is 22.4 Å². The Balaban J connectivity index is 2.75. The van der Waals surface area contributed by atoms with Crippen LogP contribution < -0.4 is 11.1 Å². The zero-order valence-electron chi connectivity index (χ0n) is 10.5. The topological polar surface area (TPSA) is 58.4 Å². The van der Waals surface area contributed by atoms with E-state index in [-0.39, 0.29) is 11.9 Å². The van der Waals surface area contributed by atoms with Crippen molar-refractivity contribution in [3.8, 4) is 0 Å². The average molecular weight is 255 g/mol. The van der Waals surface area contributed by atoms with Gasteiger partial charge in [0.2, 0.25) is 5.91 Å². The van der Waals surface area contributed by atoms with Crippen molar-refractivity contribution in [1.29, 1.82) is 0 Å². The second-order valence-electron chi connectivity index (χ2n) is 3.91. The summed E-state index contributed by atoms with van der Waals surface area (Å²) in [5.74, 6) is 0.0356. The van der Waals surface area contributed by atoms with Gasteiger partial charge in [-0.3, -0.25) is 9.69 Å². The molecule has 96 valence electrons. The Bertz CT molecular complexity index is 327. The Morgan fingerprint density at radius 3 is 2.88 bits per heavy atom. The molecule has 1 aromatic rings. The highest BCUT2D eigenvalue weighted by atomic mass is 32.1. The van der Waals surface area contributed by atoms with E-state index < -0.39 is 0 Å². The summed E-state index contributed by atoms with van der Waals surface area (Å²) < 4.78 is 0. The monoisotopic (exact) mass is 255 g/mol. The van der Waals surface area contributed by atoms with Gasteiger partial charge >= 0.3 is 0 Å². The number of nitrogens with one attached hydrogen (secondary N) is 1. The SMILES string of the molecule is CCCN(CC(=O)NC)C(CN)c1cccs1. The summed E-state index contributed by atoms with van der Waals surface area (Å²) in [6.45, 7) is 3.94. The molecule has 0 aliphatic carbocycles. The van der Waals surface area contributed by atoms with Crippen molar-refractivity contribution in [3.63, 3.8) is 0 Å². The molecule has 4 nitrogen and oxygen atoms in total. The molecule has 5 heteroatoms. The molecule has 3 N–H and O–H groups in total. The van der Waals surface area contributed by atoms with Gasteiger partial charge < -0.3 is 11.1 Å². The molecule has 0 radical (unpaired) electrons. The van der Waals surface area contributed by atoms with Crippen molar-refractivity contribution in [2.45, 2.75) is 19.4 Å². The van der Waals surface area contributed by atoms with E-state index in [2.05, 4.69) is 23.2 Å². The fourth-order valence-corrected chi connectivity index (χ4v) is 2.70. The number of nitrogens with zero attached hydrogens (tertiary/aromatic N) is 1. The minimum absolute atomic E-state index is 0.0356. The molecule has 1 amide bonds. The maximum absolute atomic E-state index is 11.5. The lowest BCUT2D eigenvalue weighted by Gasteiger charge is -2.29. The van der Waals surface area contributed by atoms with Crippen LogP contribution in [-0.4, -0.2) is 37.5 Å². The lowest BCUT2D eigenvalue weighted by Crippen LogP contribution is -2.40. The van der Waals surface area contributed by atoms with Gasteiger partial charge in [-0.1, -0.05) is 13.0 Å². The van der Waals surface area contributed by atoms with Gasteiger partial charge in [0.15, 0.2) is 0 Å². The minimum Gasteiger partial charge on any atom is -0.358 e. The molecular weight excluding hydrogens is 234 g/mol. The molecular formula is C12H21N3OS. The Morgan fingerprint density at radius 2 is 2.41 bits per heavy atom. The number of hydrogen-bond acceptors (Lipinski definition) is 4. The van der Waals surface area contributed by atoms with E-state index in [1.165, 1.54) is 4.88 Å². The van der Waals surface area contributed by atoms with Crippen molar-refractivity contribution in [1.82, 2.24) is 10.2 Å². The Kier molecular flexibility index (Phi) is 6.18. The van der Waals surface area contributed by atoms with Crippen LogP contribution in [0, 0.1) is 0 Å². The molecule has 1 heterocycles. The quantitative estimate of drug-likeness (QED) is 0.770. The molecule has 17 heavy (non-hydrogen) atoms. The highest BCUT2D eigenvalue weighted by molar-refractivity contribution is 7.10. The lowest BCUT2D eigenvalue weighted by molar-refractivity contribution is -0.122. The van der Waals surface area contributed by atoms with Gasteiger partial charge in [-0.15, -0.1) is 11.3 Å². The van der Waals surface area contributed by atoms with Gasteiger partial charge in [0.1, 0.15) is 0 Å². The van der Waals surface area contributed by atoms with Crippen molar-refractivity contribution in [2.75, 3.05) is 26.7 Å². The first-order valence-electron chi connectivity index (χ1n) is 5.91. The Morgan fingerprint density at radius 1 is 1.65 bits per heavy atom. The molecule has 0 aromatic carbocycles. The highest BCUT2D eigenvalue weighted by Gasteiger charge is 2.21. The number of carbonyl (C=O) groups is 1. The van der Waals surface area contributed by atoms with Gasteiger partial charge in [-0.2, -0.15) is 0 Å². The third-order valence-corrected chi connectivity index (χ3v) is 3.65. The van der Waals surface area contributed by atoms with Crippen LogP contribution in [-0.2, 0) is 4.79 Å². The summed E-state index contributed by atoms with van der Waals surface area (Å²) in [7, 11) is 1.66. The Labute approximate surface area is 107 Å². The van der Waals surface area contributed by atoms with Crippen molar-refractivity contribution in [2.24, 2.45) is 5.73 Å². The molecule has 0 aliphatic heterocycles. The second kappa shape index (κ2) is 7.42. The first kappa shape index (κ1) is 14.2. The Hall–Kier alpha value is -0.910. The summed E-state index contributed by atoms with van der Waals surface area (Å²) in [5, 5.41) is 4.70. The normalized spacial score (nSPS) is 12.7. The van der Waals surface area contributed by atoms with Crippen LogP contribution >= 0.6 is 11.3 Å². The van der Waals surface area contributed by atoms with Gasteiger partial charge in [0.25, 0.3) is 0 Å². The molecule has 0 spiro atoms. The van der Waals surface area contributed by atoms with Gasteiger partial charge in [0, 0.05) is 18.5 Å². The molecule has 1 atom stereocenters. The van der Waals surface area contributed by atoms with E-state index >= 15 is 0 Å². The fraction of sp³-hybridized carbons (Fsp3) is 0.583. The third kappa shape index (κ3) is 4.11. The number of hydrogen-bond donors (Lipinski definition) is 2. The van der Waals surface area contributed by atoms with Crippen molar-refractivity contribution >= 4 is 17.2 Å². The number of rotatable bonds is 7. The van der Waals surface area contributed by atoms with Crippen LogP contribution in [0.1, 0.15) is 24.3 Å². The molecule has 0 saturated carbocycles. The minimum atomic E-state index is 0.0356. The summed E-state index contributed by atoms with van der Waals surface area (Å²) in [5.41, 5.74) is 5.85. The largest absolute Gasteiger partial charge is 0.358 e. The van der Waals surface area contributed by atoms with Crippen LogP contribution in [0.3, 0.4) is 0 Å². The first-order chi connectivity index (χ1) is 8.22. The number of carbonyl (C=O) groups excluding carboxylic acids is 1. The molecule has 1 aromatic heterocycles. The number of thiophene rings is 1. The third-order valence-electron chi connectivity index (χ3n) is 2.67. The second-order valence-corrected chi connectivity index (χ2v) is 4.89. The average Bonchev–Trinajstić information content (AvgIpc) is 2.83. The number of nitrogens with two attached hydrogens (primary N) is 1. The summed E-state index contributed by atoms with van der Waals surface area (Å²) in [6, 6.07) is 4.24. The number of likely N-dealkylation sites (N-methyl/N-ethyl adjacent to an activating group) is 1. The molecule has 0 bridgehead atoms. The zero-order valence-corrected chi connectivity index (χ0v) is 11.3. The molecule has 0 saturated heterocycles. The highest BCUT2D eigenvalue weighted by Crippen LogP contribution is 2.24. The predicted octanol–water partition coefficient (Wildman–Crippen LogP) is 1.21. The van der Waals surface area contributed by atoms with Crippen LogP contribution in [0.25, 0.3) is 0 Å². The smallest absolute Gasteiger partial charge is 0.233 e. The van der Waals surface area contributed by atoms with E-state index in [1.54, 1.807) is 18.4 Å². The molecule has 0 fully saturated rings.